The molecule has 0 spiro atoms. The third kappa shape index (κ3) is 2.21. The first-order valence-electron chi connectivity index (χ1n) is 6.51. The van der Waals surface area contributed by atoms with E-state index in [1.54, 1.807) is 0 Å². The van der Waals surface area contributed by atoms with Gasteiger partial charge in [0.1, 0.15) is 0 Å². The Morgan fingerprint density at radius 1 is 1.12 bits per heavy atom. The highest BCUT2D eigenvalue weighted by molar-refractivity contribution is 5.15. The molecule has 3 rings (SSSR count). The molecule has 1 saturated heterocycles. The molecule has 2 heteroatoms. The Morgan fingerprint density at radius 3 is 2.35 bits per heavy atom. The van der Waals surface area contributed by atoms with E-state index >= 15 is 0 Å². The van der Waals surface area contributed by atoms with Crippen LogP contribution in [0, 0.1) is 29.1 Å². The minimum absolute atomic E-state index is 0.337. The number of fused-ring (bicyclic) bond motifs is 1. The standard InChI is InChI=1S/C15H18N2/c16-8-13-6-14-10-17(11-15(14)7-13)9-12-4-2-1-3-5-12/h1-5,13-15H,6-7,9-11H2/t13-,14+,15?/m0/s1. The van der Waals surface area contributed by atoms with Crippen molar-refractivity contribution in [1.29, 1.82) is 5.26 Å². The molecule has 1 aliphatic heterocycles. The van der Waals surface area contributed by atoms with Gasteiger partial charge in [0.2, 0.25) is 0 Å². The van der Waals surface area contributed by atoms with Gasteiger partial charge in [0.25, 0.3) is 0 Å². The molecule has 0 N–H and O–H groups in total. The van der Waals surface area contributed by atoms with E-state index in [4.69, 9.17) is 5.26 Å². The molecule has 1 aromatic rings. The molecule has 1 aliphatic carbocycles. The van der Waals surface area contributed by atoms with Crippen molar-refractivity contribution in [2.45, 2.75) is 19.4 Å². The fourth-order valence-corrected chi connectivity index (χ4v) is 3.47. The Balaban J connectivity index is 1.59. The maximum Gasteiger partial charge on any atom is 0.0656 e. The van der Waals surface area contributed by atoms with Crippen LogP contribution < -0.4 is 0 Å². The van der Waals surface area contributed by atoms with Gasteiger partial charge in [0.05, 0.1) is 6.07 Å². The van der Waals surface area contributed by atoms with Crippen LogP contribution in [0.5, 0.6) is 0 Å². The van der Waals surface area contributed by atoms with E-state index in [1.165, 1.54) is 18.7 Å². The third-order valence-corrected chi connectivity index (χ3v) is 4.26. The zero-order valence-electron chi connectivity index (χ0n) is 10.0. The molecule has 1 saturated carbocycles. The number of hydrogen-bond acceptors (Lipinski definition) is 2. The second-order valence-corrected chi connectivity index (χ2v) is 5.50. The molecule has 0 bridgehead atoms. The van der Waals surface area contributed by atoms with Crippen LogP contribution in [0.15, 0.2) is 30.3 Å². The molecular weight excluding hydrogens is 208 g/mol. The molecule has 2 nitrogen and oxygen atoms in total. The van der Waals surface area contributed by atoms with E-state index in [0.717, 1.165) is 31.2 Å². The fraction of sp³-hybridized carbons (Fsp3) is 0.533. The summed E-state index contributed by atoms with van der Waals surface area (Å²) in [6.07, 6.45) is 2.26. The van der Waals surface area contributed by atoms with Crippen LogP contribution in [-0.4, -0.2) is 18.0 Å². The lowest BCUT2D eigenvalue weighted by atomic mass is 10.0. The minimum atomic E-state index is 0.337. The second kappa shape index (κ2) is 4.50. The van der Waals surface area contributed by atoms with Crippen molar-refractivity contribution in [3.63, 3.8) is 0 Å². The number of nitrogens with zero attached hydrogens (tertiary/aromatic N) is 2. The normalized spacial score (nSPS) is 32.3. The zero-order valence-corrected chi connectivity index (χ0v) is 10.0. The lowest BCUT2D eigenvalue weighted by Crippen LogP contribution is -2.21. The molecule has 2 fully saturated rings. The fourth-order valence-electron chi connectivity index (χ4n) is 3.47. The van der Waals surface area contributed by atoms with Gasteiger partial charge in [0, 0.05) is 25.6 Å². The van der Waals surface area contributed by atoms with Crippen LogP contribution in [0.3, 0.4) is 0 Å². The highest BCUT2D eigenvalue weighted by Gasteiger charge is 2.40. The monoisotopic (exact) mass is 226 g/mol. The summed E-state index contributed by atoms with van der Waals surface area (Å²) in [6, 6.07) is 13.1. The lowest BCUT2D eigenvalue weighted by molar-refractivity contribution is 0.298. The van der Waals surface area contributed by atoms with Crippen LogP contribution in [0.2, 0.25) is 0 Å². The van der Waals surface area contributed by atoms with Gasteiger partial charge in [-0.2, -0.15) is 5.26 Å². The van der Waals surface area contributed by atoms with Crippen LogP contribution >= 0.6 is 0 Å². The molecule has 0 aromatic heterocycles. The van der Waals surface area contributed by atoms with Crippen molar-refractivity contribution in [3.05, 3.63) is 35.9 Å². The maximum absolute atomic E-state index is 8.96. The smallest absolute Gasteiger partial charge is 0.0656 e. The molecule has 2 aliphatic rings. The van der Waals surface area contributed by atoms with Crippen molar-refractivity contribution in [2.24, 2.45) is 17.8 Å². The maximum atomic E-state index is 8.96. The van der Waals surface area contributed by atoms with Gasteiger partial charge in [-0.3, -0.25) is 4.90 Å². The van der Waals surface area contributed by atoms with Crippen LogP contribution in [0.4, 0.5) is 0 Å². The highest BCUT2D eigenvalue weighted by Crippen LogP contribution is 2.41. The average Bonchev–Trinajstić information content (AvgIpc) is 2.87. The van der Waals surface area contributed by atoms with Crippen molar-refractivity contribution >= 4 is 0 Å². The van der Waals surface area contributed by atoms with Crippen LogP contribution in [-0.2, 0) is 6.54 Å². The van der Waals surface area contributed by atoms with Gasteiger partial charge < -0.3 is 0 Å². The van der Waals surface area contributed by atoms with E-state index in [-0.39, 0.29) is 0 Å². The molecule has 1 unspecified atom stereocenters. The number of benzene rings is 1. The number of nitriles is 1. The molecule has 0 radical (unpaired) electrons. The Labute approximate surface area is 103 Å². The van der Waals surface area contributed by atoms with Crippen molar-refractivity contribution < 1.29 is 0 Å². The molecule has 17 heavy (non-hydrogen) atoms. The topological polar surface area (TPSA) is 27.0 Å². The Morgan fingerprint density at radius 2 is 1.76 bits per heavy atom. The molecule has 88 valence electrons. The van der Waals surface area contributed by atoms with E-state index in [2.05, 4.69) is 41.3 Å². The quantitative estimate of drug-likeness (QED) is 0.775. The van der Waals surface area contributed by atoms with Crippen molar-refractivity contribution in [2.75, 3.05) is 13.1 Å². The molecular formula is C15H18N2. The summed E-state index contributed by atoms with van der Waals surface area (Å²) in [5.74, 6) is 1.90. The predicted molar refractivity (Wildman–Crippen MR) is 67.0 cm³/mol. The average molecular weight is 226 g/mol. The van der Waals surface area contributed by atoms with E-state index < -0.39 is 0 Å². The Kier molecular flexibility index (Phi) is 2.86. The number of likely N-dealkylation sites (tertiary alicyclic amines) is 1. The second-order valence-electron chi connectivity index (χ2n) is 5.50. The third-order valence-electron chi connectivity index (χ3n) is 4.26. The van der Waals surface area contributed by atoms with Gasteiger partial charge in [-0.05, 0) is 30.2 Å². The lowest BCUT2D eigenvalue weighted by Gasteiger charge is -2.17. The largest absolute Gasteiger partial charge is 0.299 e. The van der Waals surface area contributed by atoms with Crippen molar-refractivity contribution in [3.8, 4) is 6.07 Å². The van der Waals surface area contributed by atoms with Gasteiger partial charge in [-0.25, -0.2) is 0 Å². The molecule has 3 atom stereocenters. The zero-order chi connectivity index (χ0) is 11.7. The highest BCUT2D eigenvalue weighted by atomic mass is 15.2. The van der Waals surface area contributed by atoms with Gasteiger partial charge in [-0.15, -0.1) is 0 Å². The Hall–Kier alpha value is -1.33. The Bertz CT molecular complexity index is 406. The first-order chi connectivity index (χ1) is 8.35. The number of hydrogen-bond donors (Lipinski definition) is 0. The van der Waals surface area contributed by atoms with Crippen molar-refractivity contribution in [1.82, 2.24) is 4.90 Å². The summed E-state index contributed by atoms with van der Waals surface area (Å²) in [4.78, 5) is 2.55. The molecule has 0 amide bonds. The molecule has 1 aromatic carbocycles. The van der Waals surface area contributed by atoms with E-state index in [0.29, 0.717) is 5.92 Å². The van der Waals surface area contributed by atoms with Gasteiger partial charge in [0.15, 0.2) is 0 Å². The summed E-state index contributed by atoms with van der Waals surface area (Å²) < 4.78 is 0. The summed E-state index contributed by atoms with van der Waals surface area (Å²) in [5.41, 5.74) is 1.41. The number of rotatable bonds is 2. The first kappa shape index (κ1) is 10.8. The summed E-state index contributed by atoms with van der Waals surface area (Å²) >= 11 is 0. The van der Waals surface area contributed by atoms with Crippen LogP contribution in [0.25, 0.3) is 0 Å². The van der Waals surface area contributed by atoms with E-state index in [9.17, 15) is 0 Å². The van der Waals surface area contributed by atoms with Crippen LogP contribution in [0.1, 0.15) is 18.4 Å². The SMILES string of the molecule is N#C[C@@H]1CC2CN(Cc3ccccc3)C[C@H]2C1. The summed E-state index contributed by atoms with van der Waals surface area (Å²) in [7, 11) is 0. The molecule has 1 heterocycles. The minimum Gasteiger partial charge on any atom is -0.299 e. The summed E-state index contributed by atoms with van der Waals surface area (Å²) in [6.45, 7) is 3.46. The predicted octanol–water partition coefficient (Wildman–Crippen LogP) is 2.67. The first-order valence-corrected chi connectivity index (χ1v) is 6.51. The van der Waals surface area contributed by atoms with Gasteiger partial charge in [-0.1, -0.05) is 30.3 Å². The summed E-state index contributed by atoms with van der Waals surface area (Å²) in [5, 5.41) is 8.96. The van der Waals surface area contributed by atoms with E-state index in [1.807, 2.05) is 0 Å². The van der Waals surface area contributed by atoms with Gasteiger partial charge >= 0.3 is 0 Å².